The van der Waals surface area contributed by atoms with E-state index in [2.05, 4.69) is 10.5 Å². The zero-order valence-electron chi connectivity index (χ0n) is 12.2. The van der Waals surface area contributed by atoms with Crippen molar-refractivity contribution in [1.82, 2.24) is 0 Å². The van der Waals surface area contributed by atoms with Crippen molar-refractivity contribution in [3.05, 3.63) is 24.3 Å². The average molecular weight is 295 g/mol. The number of anilines is 1. The van der Waals surface area contributed by atoms with Crippen LogP contribution in [0.4, 0.5) is 5.69 Å². The number of amidine groups is 1. The first-order chi connectivity index (χ1) is 10.1. The van der Waals surface area contributed by atoms with Crippen molar-refractivity contribution in [3.63, 3.8) is 0 Å². The van der Waals surface area contributed by atoms with Gasteiger partial charge in [0.15, 0.2) is 5.84 Å². The second-order valence-electron chi connectivity index (χ2n) is 4.51. The minimum Gasteiger partial charge on any atom is -0.483 e. The van der Waals surface area contributed by atoms with E-state index in [-0.39, 0.29) is 24.5 Å². The molecule has 0 spiro atoms. The Bertz CT molecular complexity index is 491. The molecular formula is C14H21N3O4. The summed E-state index contributed by atoms with van der Waals surface area (Å²) >= 11 is 0. The molecule has 1 unspecified atom stereocenters. The molecule has 0 saturated heterocycles. The van der Waals surface area contributed by atoms with Crippen molar-refractivity contribution in [1.29, 1.82) is 0 Å². The smallest absolute Gasteiger partial charge is 0.224 e. The molecule has 0 aliphatic carbocycles. The highest BCUT2D eigenvalue weighted by molar-refractivity contribution is 5.92. The van der Waals surface area contributed by atoms with E-state index in [4.69, 9.17) is 20.4 Å². The number of rotatable bonds is 8. The predicted molar refractivity (Wildman–Crippen MR) is 79.7 cm³/mol. The third-order valence-corrected chi connectivity index (χ3v) is 2.85. The number of carbonyl (C=O) groups excluding carboxylic acids is 1. The van der Waals surface area contributed by atoms with E-state index in [1.807, 2.05) is 6.92 Å². The lowest BCUT2D eigenvalue weighted by Crippen LogP contribution is -2.21. The van der Waals surface area contributed by atoms with E-state index in [0.717, 1.165) is 0 Å². The van der Waals surface area contributed by atoms with Gasteiger partial charge in [-0.2, -0.15) is 0 Å². The van der Waals surface area contributed by atoms with E-state index in [1.54, 1.807) is 31.4 Å². The van der Waals surface area contributed by atoms with Crippen LogP contribution in [0.5, 0.6) is 5.75 Å². The van der Waals surface area contributed by atoms with Crippen LogP contribution in [0.2, 0.25) is 0 Å². The van der Waals surface area contributed by atoms with Crippen molar-refractivity contribution >= 4 is 17.4 Å². The standard InChI is InChI=1S/C14H21N3O4/c1-10(20-2)7-8-14(18)16-11-5-3-4-6-12(11)21-9-13(15)17-19/h3-6,10,19H,7-9H2,1-2H3,(H2,15,17)(H,16,18). The van der Waals surface area contributed by atoms with Crippen molar-refractivity contribution in [2.24, 2.45) is 10.9 Å². The number of para-hydroxylation sites is 2. The van der Waals surface area contributed by atoms with Crippen LogP contribution in [0.1, 0.15) is 19.8 Å². The molecule has 1 aromatic rings. The van der Waals surface area contributed by atoms with Gasteiger partial charge in [0.1, 0.15) is 12.4 Å². The van der Waals surface area contributed by atoms with Crippen molar-refractivity contribution in [2.75, 3.05) is 19.0 Å². The summed E-state index contributed by atoms with van der Waals surface area (Å²) in [6, 6.07) is 6.96. The van der Waals surface area contributed by atoms with Crippen molar-refractivity contribution < 1.29 is 19.5 Å². The number of nitrogens with two attached hydrogens (primary N) is 1. The second-order valence-corrected chi connectivity index (χ2v) is 4.51. The van der Waals surface area contributed by atoms with Gasteiger partial charge < -0.3 is 25.7 Å². The molecule has 0 fully saturated rings. The molecule has 0 bridgehead atoms. The first kappa shape index (κ1) is 16.8. The number of nitrogens with one attached hydrogen (secondary N) is 1. The van der Waals surface area contributed by atoms with Crippen LogP contribution < -0.4 is 15.8 Å². The molecule has 1 atom stereocenters. The molecule has 1 rings (SSSR count). The number of carbonyl (C=O) groups is 1. The fraction of sp³-hybridized carbons (Fsp3) is 0.429. The molecule has 0 heterocycles. The summed E-state index contributed by atoms with van der Waals surface area (Å²) in [5, 5.41) is 14.1. The van der Waals surface area contributed by atoms with Gasteiger partial charge in [-0.05, 0) is 25.5 Å². The fourth-order valence-corrected chi connectivity index (χ4v) is 1.54. The van der Waals surface area contributed by atoms with Gasteiger partial charge in [-0.1, -0.05) is 17.3 Å². The van der Waals surface area contributed by atoms with Crippen molar-refractivity contribution in [3.8, 4) is 5.75 Å². The van der Waals surface area contributed by atoms with E-state index in [0.29, 0.717) is 24.3 Å². The van der Waals surface area contributed by atoms with E-state index in [9.17, 15) is 4.79 Å². The van der Waals surface area contributed by atoms with Crippen LogP contribution in [0.3, 0.4) is 0 Å². The molecule has 116 valence electrons. The molecule has 0 radical (unpaired) electrons. The van der Waals surface area contributed by atoms with Gasteiger partial charge in [0.2, 0.25) is 5.91 Å². The number of oxime groups is 1. The molecule has 7 nitrogen and oxygen atoms in total. The highest BCUT2D eigenvalue weighted by Crippen LogP contribution is 2.24. The van der Waals surface area contributed by atoms with Crippen LogP contribution >= 0.6 is 0 Å². The average Bonchev–Trinajstić information content (AvgIpc) is 2.51. The zero-order chi connectivity index (χ0) is 15.7. The van der Waals surface area contributed by atoms with Gasteiger partial charge in [-0.3, -0.25) is 4.79 Å². The summed E-state index contributed by atoms with van der Waals surface area (Å²) in [6.07, 6.45) is 1.02. The predicted octanol–water partition coefficient (Wildman–Crippen LogP) is 1.57. The van der Waals surface area contributed by atoms with Crippen LogP contribution in [-0.2, 0) is 9.53 Å². The lowest BCUT2D eigenvalue weighted by molar-refractivity contribution is -0.116. The van der Waals surface area contributed by atoms with Gasteiger partial charge in [-0.15, -0.1) is 0 Å². The summed E-state index contributed by atoms with van der Waals surface area (Å²) in [5.41, 5.74) is 5.88. The topological polar surface area (TPSA) is 106 Å². The highest BCUT2D eigenvalue weighted by atomic mass is 16.5. The Morgan fingerprint density at radius 2 is 2.19 bits per heavy atom. The number of hydrogen-bond acceptors (Lipinski definition) is 5. The van der Waals surface area contributed by atoms with Gasteiger partial charge in [0.25, 0.3) is 0 Å². The first-order valence-electron chi connectivity index (χ1n) is 6.57. The molecule has 21 heavy (non-hydrogen) atoms. The van der Waals surface area contributed by atoms with E-state index in [1.165, 1.54) is 0 Å². The number of amides is 1. The van der Waals surface area contributed by atoms with Gasteiger partial charge in [0.05, 0.1) is 11.8 Å². The third-order valence-electron chi connectivity index (χ3n) is 2.85. The molecule has 4 N–H and O–H groups in total. The molecule has 0 aliphatic rings. The van der Waals surface area contributed by atoms with Crippen LogP contribution in [0.25, 0.3) is 0 Å². The molecule has 1 aromatic carbocycles. The zero-order valence-corrected chi connectivity index (χ0v) is 12.2. The van der Waals surface area contributed by atoms with Gasteiger partial charge in [0, 0.05) is 13.5 Å². The lowest BCUT2D eigenvalue weighted by Gasteiger charge is -2.13. The molecule has 0 aliphatic heterocycles. The Labute approximate surface area is 123 Å². The van der Waals surface area contributed by atoms with E-state index >= 15 is 0 Å². The summed E-state index contributed by atoms with van der Waals surface area (Å²) in [5.74, 6) is 0.279. The van der Waals surface area contributed by atoms with Gasteiger partial charge in [-0.25, -0.2) is 0 Å². The Balaban J connectivity index is 2.60. The normalized spacial score (nSPS) is 12.8. The maximum absolute atomic E-state index is 11.9. The number of methoxy groups -OCH3 is 1. The number of benzene rings is 1. The number of hydrogen-bond donors (Lipinski definition) is 3. The maximum atomic E-state index is 11.9. The number of nitrogens with zero attached hydrogens (tertiary/aromatic N) is 1. The van der Waals surface area contributed by atoms with Crippen LogP contribution in [0, 0.1) is 0 Å². The minimum atomic E-state index is -0.126. The van der Waals surface area contributed by atoms with Gasteiger partial charge >= 0.3 is 0 Å². The summed E-state index contributed by atoms with van der Waals surface area (Å²) in [4.78, 5) is 11.9. The number of ether oxygens (including phenoxy) is 2. The largest absolute Gasteiger partial charge is 0.483 e. The minimum absolute atomic E-state index is 0.0304. The third kappa shape index (κ3) is 6.13. The maximum Gasteiger partial charge on any atom is 0.224 e. The van der Waals surface area contributed by atoms with Crippen LogP contribution in [-0.4, -0.2) is 36.8 Å². The summed E-state index contributed by atoms with van der Waals surface area (Å²) in [7, 11) is 1.61. The summed E-state index contributed by atoms with van der Waals surface area (Å²) in [6.45, 7) is 1.84. The van der Waals surface area contributed by atoms with E-state index < -0.39 is 0 Å². The fourth-order valence-electron chi connectivity index (χ4n) is 1.54. The quantitative estimate of drug-likeness (QED) is 0.292. The second kappa shape index (κ2) is 8.80. The molecule has 7 heteroatoms. The molecule has 0 aromatic heterocycles. The highest BCUT2D eigenvalue weighted by Gasteiger charge is 2.10. The molecule has 0 saturated carbocycles. The van der Waals surface area contributed by atoms with Crippen molar-refractivity contribution in [2.45, 2.75) is 25.9 Å². The Morgan fingerprint density at radius 1 is 1.48 bits per heavy atom. The Kier molecular flexibility index (Phi) is 7.03. The SMILES string of the molecule is COC(C)CCC(=O)Nc1ccccc1OC/C(N)=N/O. The molecule has 1 amide bonds. The Morgan fingerprint density at radius 3 is 2.86 bits per heavy atom. The monoisotopic (exact) mass is 295 g/mol. The van der Waals surface area contributed by atoms with Crippen LogP contribution in [0.15, 0.2) is 29.4 Å². The Hall–Kier alpha value is -2.28. The first-order valence-corrected chi connectivity index (χ1v) is 6.57. The summed E-state index contributed by atoms with van der Waals surface area (Å²) < 4.78 is 10.5. The lowest BCUT2D eigenvalue weighted by atomic mass is 10.2. The molecular weight excluding hydrogens is 274 g/mol.